The first-order chi connectivity index (χ1) is 12.2. The Morgan fingerprint density at radius 3 is 2.44 bits per heavy atom. The van der Waals surface area contributed by atoms with Gasteiger partial charge >= 0.3 is 0 Å². The molecule has 0 atom stereocenters. The summed E-state index contributed by atoms with van der Waals surface area (Å²) in [7, 11) is 3.14. The van der Waals surface area contributed by atoms with Gasteiger partial charge in [-0.2, -0.15) is 5.10 Å². The zero-order valence-electron chi connectivity index (χ0n) is 14.0. The van der Waals surface area contributed by atoms with Crippen molar-refractivity contribution in [3.63, 3.8) is 0 Å². The summed E-state index contributed by atoms with van der Waals surface area (Å²) in [5.74, 6) is 0.904. The molecule has 3 aromatic rings. The topological polar surface area (TPSA) is 59.9 Å². The highest BCUT2D eigenvalue weighted by molar-refractivity contribution is 6.01. The van der Waals surface area contributed by atoms with E-state index in [-0.39, 0.29) is 5.91 Å². The SMILES string of the molecule is COc1cccc(/C=N/NC(=O)c2cc3ccccc3cc2OC)c1. The monoisotopic (exact) mass is 334 g/mol. The first-order valence-electron chi connectivity index (χ1n) is 7.75. The number of hydrogen-bond donors (Lipinski definition) is 1. The molecule has 3 rings (SSSR count). The molecule has 0 saturated heterocycles. The zero-order chi connectivity index (χ0) is 17.6. The molecule has 0 spiro atoms. The van der Waals surface area contributed by atoms with Crippen molar-refractivity contribution < 1.29 is 14.3 Å². The number of hydrazone groups is 1. The maximum Gasteiger partial charge on any atom is 0.275 e. The van der Waals surface area contributed by atoms with Crippen molar-refractivity contribution in [3.8, 4) is 11.5 Å². The number of fused-ring (bicyclic) bond motifs is 1. The van der Waals surface area contributed by atoms with Crippen molar-refractivity contribution in [2.75, 3.05) is 14.2 Å². The molecule has 1 amide bonds. The first-order valence-corrected chi connectivity index (χ1v) is 7.75. The van der Waals surface area contributed by atoms with E-state index in [4.69, 9.17) is 9.47 Å². The van der Waals surface area contributed by atoms with Crippen molar-refractivity contribution in [2.24, 2.45) is 5.10 Å². The largest absolute Gasteiger partial charge is 0.497 e. The molecule has 126 valence electrons. The highest BCUT2D eigenvalue weighted by Gasteiger charge is 2.13. The third-order valence-electron chi connectivity index (χ3n) is 3.79. The molecule has 3 aromatic carbocycles. The molecule has 25 heavy (non-hydrogen) atoms. The lowest BCUT2D eigenvalue weighted by Gasteiger charge is -2.09. The first kappa shape index (κ1) is 16.5. The normalized spacial score (nSPS) is 10.8. The fourth-order valence-electron chi connectivity index (χ4n) is 2.51. The van der Waals surface area contributed by atoms with Crippen molar-refractivity contribution in [3.05, 3.63) is 71.8 Å². The molecular formula is C20H18N2O3. The van der Waals surface area contributed by atoms with Crippen LogP contribution in [0.25, 0.3) is 10.8 Å². The zero-order valence-corrected chi connectivity index (χ0v) is 14.0. The summed E-state index contributed by atoms with van der Waals surface area (Å²) >= 11 is 0. The molecule has 0 saturated carbocycles. The van der Waals surface area contributed by atoms with Crippen LogP contribution in [0.3, 0.4) is 0 Å². The van der Waals surface area contributed by atoms with Gasteiger partial charge in [-0.25, -0.2) is 5.43 Å². The number of carbonyl (C=O) groups excluding carboxylic acids is 1. The van der Waals surface area contributed by atoms with Crippen LogP contribution in [-0.4, -0.2) is 26.3 Å². The Bertz CT molecular complexity index is 935. The summed E-state index contributed by atoms with van der Waals surface area (Å²) < 4.78 is 10.5. The van der Waals surface area contributed by atoms with Crippen molar-refractivity contribution in [1.82, 2.24) is 5.43 Å². The minimum Gasteiger partial charge on any atom is -0.497 e. The number of rotatable bonds is 5. The summed E-state index contributed by atoms with van der Waals surface area (Å²) in [5.41, 5.74) is 3.79. The van der Waals surface area contributed by atoms with Crippen LogP contribution in [0.4, 0.5) is 0 Å². The van der Waals surface area contributed by atoms with Gasteiger partial charge in [0.15, 0.2) is 0 Å². The van der Waals surface area contributed by atoms with Crippen LogP contribution in [0.5, 0.6) is 11.5 Å². The number of hydrogen-bond acceptors (Lipinski definition) is 4. The lowest BCUT2D eigenvalue weighted by atomic mass is 10.1. The molecule has 0 unspecified atom stereocenters. The van der Waals surface area contributed by atoms with Gasteiger partial charge < -0.3 is 9.47 Å². The predicted molar refractivity (Wildman–Crippen MR) is 98.6 cm³/mol. The van der Waals surface area contributed by atoms with Gasteiger partial charge in [0, 0.05) is 0 Å². The highest BCUT2D eigenvalue weighted by Crippen LogP contribution is 2.25. The second-order valence-electron chi connectivity index (χ2n) is 5.38. The Morgan fingerprint density at radius 1 is 0.960 bits per heavy atom. The molecule has 0 fully saturated rings. The van der Waals surface area contributed by atoms with E-state index in [2.05, 4.69) is 10.5 Å². The van der Waals surface area contributed by atoms with Gasteiger partial charge in [-0.3, -0.25) is 4.79 Å². The summed E-state index contributed by atoms with van der Waals surface area (Å²) in [4.78, 5) is 12.5. The molecule has 1 N–H and O–H groups in total. The molecule has 5 nitrogen and oxygen atoms in total. The van der Waals surface area contributed by atoms with Crippen LogP contribution in [0, 0.1) is 0 Å². The van der Waals surface area contributed by atoms with E-state index < -0.39 is 0 Å². The van der Waals surface area contributed by atoms with Crippen LogP contribution < -0.4 is 14.9 Å². The number of methoxy groups -OCH3 is 2. The molecule has 0 aromatic heterocycles. The second-order valence-corrected chi connectivity index (χ2v) is 5.38. The summed E-state index contributed by atoms with van der Waals surface area (Å²) in [6, 6.07) is 18.8. The van der Waals surface area contributed by atoms with Gasteiger partial charge in [0.2, 0.25) is 0 Å². The molecule has 0 heterocycles. The van der Waals surface area contributed by atoms with Crippen LogP contribution in [0.1, 0.15) is 15.9 Å². The minimum absolute atomic E-state index is 0.332. The highest BCUT2D eigenvalue weighted by atomic mass is 16.5. The lowest BCUT2D eigenvalue weighted by molar-refractivity contribution is 0.0952. The van der Waals surface area contributed by atoms with Crippen LogP contribution >= 0.6 is 0 Å². The fourth-order valence-corrected chi connectivity index (χ4v) is 2.51. The number of carbonyl (C=O) groups is 1. The fraction of sp³-hybridized carbons (Fsp3) is 0.100. The average molecular weight is 334 g/mol. The van der Waals surface area contributed by atoms with E-state index in [1.54, 1.807) is 26.5 Å². The van der Waals surface area contributed by atoms with Crippen LogP contribution in [-0.2, 0) is 0 Å². The maximum atomic E-state index is 12.5. The third-order valence-corrected chi connectivity index (χ3v) is 3.79. The second kappa shape index (κ2) is 7.49. The number of nitrogens with zero attached hydrogens (tertiary/aromatic N) is 1. The number of nitrogens with one attached hydrogen (secondary N) is 1. The molecule has 0 aliphatic carbocycles. The van der Waals surface area contributed by atoms with Crippen LogP contribution in [0.2, 0.25) is 0 Å². The Hall–Kier alpha value is -3.34. The molecule has 5 heteroatoms. The Kier molecular flexibility index (Phi) is 4.95. The Morgan fingerprint density at radius 2 is 1.72 bits per heavy atom. The summed E-state index contributed by atoms with van der Waals surface area (Å²) in [6.45, 7) is 0. The van der Waals surface area contributed by atoms with E-state index in [0.29, 0.717) is 11.3 Å². The number of ether oxygens (including phenoxy) is 2. The Labute approximate surface area is 145 Å². The van der Waals surface area contributed by atoms with Gasteiger partial charge in [-0.15, -0.1) is 0 Å². The van der Waals surface area contributed by atoms with Crippen molar-refractivity contribution >= 4 is 22.9 Å². The van der Waals surface area contributed by atoms with Gasteiger partial charge in [-0.05, 0) is 40.6 Å². The van der Waals surface area contributed by atoms with E-state index >= 15 is 0 Å². The quantitative estimate of drug-likeness (QED) is 0.573. The standard InChI is InChI=1S/C20H18N2O3/c1-24-17-9-5-6-14(10-17)13-21-22-20(23)18-11-15-7-3-4-8-16(15)12-19(18)25-2/h3-13H,1-2H3,(H,22,23)/b21-13+. The van der Waals surface area contributed by atoms with E-state index in [1.165, 1.54) is 0 Å². The molecular weight excluding hydrogens is 316 g/mol. The van der Waals surface area contributed by atoms with E-state index in [0.717, 1.165) is 22.1 Å². The van der Waals surface area contributed by atoms with Gasteiger partial charge in [0.1, 0.15) is 11.5 Å². The molecule has 0 aliphatic rings. The summed E-state index contributed by atoms with van der Waals surface area (Å²) in [6.07, 6.45) is 1.56. The Balaban J connectivity index is 1.80. The molecule has 0 bridgehead atoms. The van der Waals surface area contributed by atoms with Crippen molar-refractivity contribution in [1.29, 1.82) is 0 Å². The number of amides is 1. The lowest BCUT2D eigenvalue weighted by Crippen LogP contribution is -2.18. The third kappa shape index (κ3) is 3.77. The van der Waals surface area contributed by atoms with Gasteiger partial charge in [0.05, 0.1) is 26.0 Å². The van der Waals surface area contributed by atoms with Gasteiger partial charge in [0.25, 0.3) is 5.91 Å². The smallest absolute Gasteiger partial charge is 0.275 e. The number of benzene rings is 3. The van der Waals surface area contributed by atoms with E-state index in [9.17, 15) is 4.79 Å². The molecule has 0 radical (unpaired) electrons. The van der Waals surface area contributed by atoms with Crippen LogP contribution in [0.15, 0.2) is 65.8 Å². The van der Waals surface area contributed by atoms with Crippen molar-refractivity contribution in [2.45, 2.75) is 0 Å². The van der Waals surface area contributed by atoms with E-state index in [1.807, 2.05) is 54.6 Å². The predicted octanol–water partition coefficient (Wildman–Crippen LogP) is 3.62. The minimum atomic E-state index is -0.332. The molecule has 0 aliphatic heterocycles. The summed E-state index contributed by atoms with van der Waals surface area (Å²) in [5, 5.41) is 5.99. The average Bonchev–Trinajstić information content (AvgIpc) is 2.67. The van der Waals surface area contributed by atoms with Gasteiger partial charge in [-0.1, -0.05) is 36.4 Å². The maximum absolute atomic E-state index is 12.5.